The topological polar surface area (TPSA) is 0 Å². The fourth-order valence-electron chi connectivity index (χ4n) is 0.807. The molecule has 64 valence electrons. The maximum Gasteiger partial charge on any atom is 0.00576 e. The van der Waals surface area contributed by atoms with Gasteiger partial charge in [-0.3, -0.25) is 0 Å². The Hall–Kier alpha value is -1.22. The van der Waals surface area contributed by atoms with Crippen LogP contribution in [0.1, 0.15) is 24.5 Å². The van der Waals surface area contributed by atoms with Gasteiger partial charge in [-0.05, 0) is 13.8 Å². The van der Waals surface area contributed by atoms with Crippen molar-refractivity contribution in [2.75, 3.05) is 0 Å². The summed E-state index contributed by atoms with van der Waals surface area (Å²) in [6.07, 6.45) is 5.62. The van der Waals surface area contributed by atoms with Crippen LogP contribution < -0.4 is 0 Å². The molecule has 0 aliphatic heterocycles. The van der Waals surface area contributed by atoms with E-state index in [1.807, 2.05) is 6.92 Å². The molecule has 1 aromatic rings. The highest BCUT2D eigenvalue weighted by Gasteiger charge is 1.80. The molecular formula is C12H16. The van der Waals surface area contributed by atoms with Crippen LogP contribution in [0.25, 0.3) is 0 Å². The second kappa shape index (κ2) is 6.49. The lowest BCUT2D eigenvalue weighted by molar-refractivity contribution is 1.28. The van der Waals surface area contributed by atoms with Gasteiger partial charge >= 0.3 is 0 Å². The molecule has 0 saturated carbocycles. The summed E-state index contributed by atoms with van der Waals surface area (Å²) in [6.45, 7) is 6.15. The van der Waals surface area contributed by atoms with E-state index in [9.17, 15) is 0 Å². The predicted octanol–water partition coefficient (Wildman–Crippen LogP) is 3.33. The van der Waals surface area contributed by atoms with Gasteiger partial charge in [0.05, 0.1) is 0 Å². The standard InChI is InChI=1S/C8H10.C4H6/c1-7-4-3-5-8(2)6-7;1-3-4-2/h3-6H,1-2H3;1H,4H2,2H3. The van der Waals surface area contributed by atoms with Crippen molar-refractivity contribution in [3.05, 3.63) is 35.4 Å². The minimum Gasteiger partial charge on any atom is -0.120 e. The Morgan fingerprint density at radius 2 is 1.67 bits per heavy atom. The van der Waals surface area contributed by atoms with E-state index < -0.39 is 0 Å². The highest BCUT2D eigenvalue weighted by Crippen LogP contribution is 2.00. The van der Waals surface area contributed by atoms with Crippen molar-refractivity contribution >= 4 is 0 Å². The van der Waals surface area contributed by atoms with Gasteiger partial charge < -0.3 is 0 Å². The molecule has 0 aromatic heterocycles. The van der Waals surface area contributed by atoms with Crippen LogP contribution in [0.4, 0.5) is 0 Å². The van der Waals surface area contributed by atoms with Gasteiger partial charge in [-0.25, -0.2) is 0 Å². The largest absolute Gasteiger partial charge is 0.120 e. The Morgan fingerprint density at radius 1 is 1.25 bits per heavy atom. The van der Waals surface area contributed by atoms with E-state index in [1.165, 1.54) is 11.1 Å². The van der Waals surface area contributed by atoms with Gasteiger partial charge in [0, 0.05) is 6.42 Å². The molecule has 0 aliphatic rings. The molecule has 0 amide bonds. The molecule has 0 nitrogen and oxygen atoms in total. The van der Waals surface area contributed by atoms with Crippen LogP contribution in [0.3, 0.4) is 0 Å². The van der Waals surface area contributed by atoms with E-state index in [2.05, 4.69) is 44.0 Å². The Balaban J connectivity index is 0.000000261. The van der Waals surface area contributed by atoms with Crippen molar-refractivity contribution < 1.29 is 0 Å². The summed E-state index contributed by atoms with van der Waals surface area (Å²) >= 11 is 0. The van der Waals surface area contributed by atoms with Crippen LogP contribution in [0.15, 0.2) is 24.3 Å². The maximum absolute atomic E-state index is 4.78. The van der Waals surface area contributed by atoms with Gasteiger partial charge in [0.25, 0.3) is 0 Å². The third-order valence-corrected chi connectivity index (χ3v) is 1.38. The molecule has 1 aromatic carbocycles. The molecule has 0 spiro atoms. The molecule has 0 aliphatic carbocycles. The maximum atomic E-state index is 4.78. The van der Waals surface area contributed by atoms with Crippen LogP contribution in [0.5, 0.6) is 0 Å². The number of hydrogen-bond donors (Lipinski definition) is 0. The molecule has 0 radical (unpaired) electrons. The molecule has 0 N–H and O–H groups in total. The average Bonchev–Trinajstić information content (AvgIpc) is 2.04. The lowest BCUT2D eigenvalue weighted by Gasteiger charge is -1.90. The molecule has 0 heteroatoms. The third-order valence-electron chi connectivity index (χ3n) is 1.38. The SMILES string of the molecule is C#CCC.Cc1cccc(C)c1. The zero-order valence-electron chi connectivity index (χ0n) is 8.09. The second-order valence-corrected chi connectivity index (χ2v) is 2.72. The van der Waals surface area contributed by atoms with Crippen LogP contribution in [-0.2, 0) is 0 Å². The summed E-state index contributed by atoms with van der Waals surface area (Å²) in [6, 6.07) is 8.45. The van der Waals surface area contributed by atoms with Gasteiger partial charge in [0.2, 0.25) is 0 Å². The quantitative estimate of drug-likeness (QED) is 0.511. The molecule has 12 heavy (non-hydrogen) atoms. The first kappa shape index (κ1) is 10.8. The normalized spacial score (nSPS) is 7.83. The molecule has 0 saturated heterocycles. The molecule has 1 rings (SSSR count). The Labute approximate surface area is 75.6 Å². The van der Waals surface area contributed by atoms with Gasteiger partial charge in [-0.2, -0.15) is 0 Å². The zero-order chi connectivity index (χ0) is 9.40. The smallest absolute Gasteiger partial charge is 0.00576 e. The monoisotopic (exact) mass is 160 g/mol. The molecule has 0 bridgehead atoms. The fourth-order valence-corrected chi connectivity index (χ4v) is 0.807. The van der Waals surface area contributed by atoms with Crippen molar-refractivity contribution in [3.8, 4) is 12.3 Å². The van der Waals surface area contributed by atoms with Crippen molar-refractivity contribution in [2.24, 2.45) is 0 Å². The van der Waals surface area contributed by atoms with E-state index in [0.717, 1.165) is 6.42 Å². The van der Waals surface area contributed by atoms with Crippen LogP contribution in [0.2, 0.25) is 0 Å². The highest BCUT2D eigenvalue weighted by molar-refractivity contribution is 5.20. The van der Waals surface area contributed by atoms with Gasteiger partial charge in [0.15, 0.2) is 0 Å². The molecule has 0 atom stereocenters. The number of rotatable bonds is 0. The molecule has 0 unspecified atom stereocenters. The first-order chi connectivity index (χ1) is 5.70. The van der Waals surface area contributed by atoms with Gasteiger partial charge in [-0.1, -0.05) is 42.3 Å². The van der Waals surface area contributed by atoms with E-state index in [-0.39, 0.29) is 0 Å². The molecule has 0 fully saturated rings. The molecular weight excluding hydrogens is 144 g/mol. The van der Waals surface area contributed by atoms with Crippen molar-refractivity contribution in [1.82, 2.24) is 0 Å². The summed E-state index contributed by atoms with van der Waals surface area (Å²) in [5.74, 6) is 2.43. The lowest BCUT2D eigenvalue weighted by Crippen LogP contribution is -1.71. The number of benzene rings is 1. The first-order valence-corrected chi connectivity index (χ1v) is 4.17. The third kappa shape index (κ3) is 5.56. The van der Waals surface area contributed by atoms with Gasteiger partial charge in [0.1, 0.15) is 0 Å². The summed E-state index contributed by atoms with van der Waals surface area (Å²) in [4.78, 5) is 0. The summed E-state index contributed by atoms with van der Waals surface area (Å²) in [5, 5.41) is 0. The Morgan fingerprint density at radius 3 is 1.83 bits per heavy atom. The zero-order valence-corrected chi connectivity index (χ0v) is 8.09. The number of terminal acetylenes is 1. The van der Waals surface area contributed by atoms with Gasteiger partial charge in [-0.15, -0.1) is 12.3 Å². The summed E-state index contributed by atoms with van der Waals surface area (Å²) < 4.78 is 0. The van der Waals surface area contributed by atoms with Crippen LogP contribution in [-0.4, -0.2) is 0 Å². The van der Waals surface area contributed by atoms with Crippen molar-refractivity contribution in [3.63, 3.8) is 0 Å². The highest BCUT2D eigenvalue weighted by atomic mass is 13.9. The summed E-state index contributed by atoms with van der Waals surface area (Å²) in [7, 11) is 0. The average molecular weight is 160 g/mol. The second-order valence-electron chi connectivity index (χ2n) is 2.72. The Bertz CT molecular complexity index is 236. The fraction of sp³-hybridized carbons (Fsp3) is 0.333. The molecule has 0 heterocycles. The minimum atomic E-state index is 0.847. The number of hydrogen-bond acceptors (Lipinski definition) is 0. The van der Waals surface area contributed by atoms with Crippen LogP contribution in [0, 0.1) is 26.2 Å². The predicted molar refractivity (Wildman–Crippen MR) is 55.0 cm³/mol. The van der Waals surface area contributed by atoms with Crippen molar-refractivity contribution in [2.45, 2.75) is 27.2 Å². The van der Waals surface area contributed by atoms with Crippen LogP contribution >= 0.6 is 0 Å². The van der Waals surface area contributed by atoms with E-state index in [4.69, 9.17) is 6.42 Å². The lowest BCUT2D eigenvalue weighted by atomic mass is 10.2. The minimum absolute atomic E-state index is 0.847. The van der Waals surface area contributed by atoms with E-state index >= 15 is 0 Å². The van der Waals surface area contributed by atoms with Crippen molar-refractivity contribution in [1.29, 1.82) is 0 Å². The number of aryl methyl sites for hydroxylation is 2. The summed E-state index contributed by atoms with van der Waals surface area (Å²) in [5.41, 5.74) is 2.68. The van der Waals surface area contributed by atoms with E-state index in [0.29, 0.717) is 0 Å². The first-order valence-electron chi connectivity index (χ1n) is 4.17. The Kier molecular flexibility index (Phi) is 5.83. The van der Waals surface area contributed by atoms with E-state index in [1.54, 1.807) is 0 Å².